The minimum Gasteiger partial charge on any atom is -0.368 e. The highest BCUT2D eigenvalue weighted by Gasteiger charge is 2.10. The van der Waals surface area contributed by atoms with Gasteiger partial charge < -0.3 is 5.32 Å². The van der Waals surface area contributed by atoms with E-state index in [1.807, 2.05) is 13.0 Å². The average molecular weight is 258 g/mol. The fourth-order valence-electron chi connectivity index (χ4n) is 1.01. The van der Waals surface area contributed by atoms with Crippen molar-refractivity contribution in [2.75, 3.05) is 18.1 Å². The molecule has 0 radical (unpaired) electrons. The van der Waals surface area contributed by atoms with Crippen LogP contribution in [0.4, 0.5) is 5.82 Å². The number of hydrogen-bond donors (Lipinski definition) is 1. The summed E-state index contributed by atoms with van der Waals surface area (Å²) < 4.78 is 11.1. The van der Waals surface area contributed by atoms with Crippen molar-refractivity contribution in [3.8, 4) is 6.07 Å². The Balaban J connectivity index is 2.76. The molecule has 86 valence electrons. The Labute approximate surface area is 102 Å². The predicted molar refractivity (Wildman–Crippen MR) is 66.0 cm³/mol. The molecular formula is C10H12ClN3OS. The van der Waals surface area contributed by atoms with Gasteiger partial charge in [-0.05, 0) is 13.0 Å². The molecule has 0 aliphatic rings. The van der Waals surface area contributed by atoms with E-state index < -0.39 is 10.8 Å². The van der Waals surface area contributed by atoms with Crippen LogP contribution in [0.1, 0.15) is 12.5 Å². The Morgan fingerprint density at radius 2 is 2.44 bits per heavy atom. The molecule has 2 atom stereocenters. The molecule has 1 N–H and O–H groups in total. The second-order valence-corrected chi connectivity index (χ2v) is 5.50. The first-order valence-corrected chi connectivity index (χ1v) is 6.67. The number of hydrogen-bond acceptors (Lipinski definition) is 4. The van der Waals surface area contributed by atoms with Crippen LogP contribution in [-0.4, -0.2) is 27.2 Å². The van der Waals surface area contributed by atoms with Crippen molar-refractivity contribution in [2.24, 2.45) is 0 Å². The van der Waals surface area contributed by atoms with Crippen LogP contribution in [0.5, 0.6) is 0 Å². The van der Waals surface area contributed by atoms with E-state index in [-0.39, 0.29) is 5.25 Å². The molecule has 1 heterocycles. The third-order valence-electron chi connectivity index (χ3n) is 2.13. The molecule has 1 aromatic heterocycles. The number of nitrogens with zero attached hydrogens (tertiary/aromatic N) is 2. The van der Waals surface area contributed by atoms with Gasteiger partial charge in [0.05, 0.1) is 5.56 Å². The molecule has 0 aromatic carbocycles. The first-order chi connectivity index (χ1) is 7.56. The van der Waals surface area contributed by atoms with Crippen LogP contribution in [-0.2, 0) is 10.8 Å². The van der Waals surface area contributed by atoms with Crippen molar-refractivity contribution in [3.05, 3.63) is 22.8 Å². The lowest BCUT2D eigenvalue weighted by molar-refractivity contribution is 0.679. The van der Waals surface area contributed by atoms with Gasteiger partial charge in [-0.2, -0.15) is 5.26 Å². The summed E-state index contributed by atoms with van der Waals surface area (Å²) >= 11 is 5.95. The average Bonchev–Trinajstić information content (AvgIpc) is 2.27. The number of nitrogens with one attached hydrogen (secondary N) is 1. The molecule has 2 unspecified atom stereocenters. The number of rotatable bonds is 4. The Bertz CT molecular complexity index is 444. The van der Waals surface area contributed by atoms with Crippen LogP contribution in [0.2, 0.25) is 5.02 Å². The summed E-state index contributed by atoms with van der Waals surface area (Å²) in [4.78, 5) is 4.03. The minimum atomic E-state index is -0.896. The first-order valence-electron chi connectivity index (χ1n) is 4.67. The monoisotopic (exact) mass is 257 g/mol. The lowest BCUT2D eigenvalue weighted by Crippen LogP contribution is -2.21. The van der Waals surface area contributed by atoms with Gasteiger partial charge >= 0.3 is 0 Å². The summed E-state index contributed by atoms with van der Waals surface area (Å²) in [5.41, 5.74) is 0.379. The molecule has 0 bridgehead atoms. The molecule has 0 saturated heterocycles. The summed E-state index contributed by atoms with van der Waals surface area (Å²) in [6.07, 6.45) is 3.16. The van der Waals surface area contributed by atoms with Crippen LogP contribution < -0.4 is 5.32 Å². The van der Waals surface area contributed by atoms with Crippen molar-refractivity contribution in [2.45, 2.75) is 12.2 Å². The summed E-state index contributed by atoms with van der Waals surface area (Å²) in [5, 5.41) is 12.1. The molecule has 0 spiro atoms. The second-order valence-electron chi connectivity index (χ2n) is 3.32. The maximum Gasteiger partial charge on any atom is 0.146 e. The maximum absolute atomic E-state index is 11.1. The third-order valence-corrected chi connectivity index (χ3v) is 3.82. The van der Waals surface area contributed by atoms with Gasteiger partial charge in [-0.1, -0.05) is 11.6 Å². The molecule has 16 heavy (non-hydrogen) atoms. The molecule has 0 amide bonds. The number of aromatic nitrogens is 1. The Hall–Kier alpha value is -1.12. The number of pyridine rings is 1. The Morgan fingerprint density at radius 1 is 1.75 bits per heavy atom. The lowest BCUT2D eigenvalue weighted by atomic mass is 10.3. The molecular weight excluding hydrogens is 246 g/mol. The fourth-order valence-corrected chi connectivity index (χ4v) is 1.55. The molecule has 0 saturated carbocycles. The van der Waals surface area contributed by atoms with Gasteiger partial charge in [0, 0.05) is 35.0 Å². The second kappa shape index (κ2) is 5.83. The van der Waals surface area contributed by atoms with Gasteiger partial charge in [-0.3, -0.25) is 4.21 Å². The number of anilines is 1. The number of halogens is 1. The number of nitriles is 1. The first kappa shape index (κ1) is 12.9. The summed E-state index contributed by atoms with van der Waals surface area (Å²) in [5.74, 6) is 0.456. The SMILES string of the molecule is CC(CNc1nccc(C#N)c1Cl)S(C)=O. The quantitative estimate of drug-likeness (QED) is 0.893. The summed E-state index contributed by atoms with van der Waals surface area (Å²) in [6.45, 7) is 2.37. The van der Waals surface area contributed by atoms with Crippen molar-refractivity contribution < 1.29 is 4.21 Å². The molecule has 0 fully saturated rings. The molecule has 0 aliphatic carbocycles. The minimum absolute atomic E-state index is 0.00334. The van der Waals surface area contributed by atoms with E-state index in [2.05, 4.69) is 10.3 Å². The van der Waals surface area contributed by atoms with Crippen LogP contribution in [0, 0.1) is 11.3 Å². The molecule has 6 heteroatoms. The van der Waals surface area contributed by atoms with E-state index in [1.54, 1.807) is 12.3 Å². The lowest BCUT2D eigenvalue weighted by Gasteiger charge is -2.11. The van der Waals surface area contributed by atoms with E-state index in [1.165, 1.54) is 6.20 Å². The predicted octanol–water partition coefficient (Wildman–Crippen LogP) is 1.79. The van der Waals surface area contributed by atoms with Gasteiger partial charge in [0.1, 0.15) is 16.9 Å². The largest absolute Gasteiger partial charge is 0.368 e. The van der Waals surface area contributed by atoms with E-state index >= 15 is 0 Å². The normalized spacial score (nSPS) is 13.9. The highest BCUT2D eigenvalue weighted by Crippen LogP contribution is 2.22. The molecule has 0 aliphatic heterocycles. The van der Waals surface area contributed by atoms with Crippen LogP contribution in [0.15, 0.2) is 12.3 Å². The highest BCUT2D eigenvalue weighted by atomic mass is 35.5. The van der Waals surface area contributed by atoms with Crippen LogP contribution >= 0.6 is 11.6 Å². The van der Waals surface area contributed by atoms with Crippen molar-refractivity contribution in [1.29, 1.82) is 5.26 Å². The van der Waals surface area contributed by atoms with Gasteiger partial charge in [0.2, 0.25) is 0 Å². The highest BCUT2D eigenvalue weighted by molar-refractivity contribution is 7.84. The summed E-state index contributed by atoms with van der Waals surface area (Å²) in [7, 11) is -0.896. The summed E-state index contributed by atoms with van der Waals surface area (Å²) in [6, 6.07) is 3.52. The molecule has 1 aromatic rings. The van der Waals surface area contributed by atoms with Crippen LogP contribution in [0.25, 0.3) is 0 Å². The smallest absolute Gasteiger partial charge is 0.146 e. The third kappa shape index (κ3) is 3.19. The van der Waals surface area contributed by atoms with Gasteiger partial charge in [0.25, 0.3) is 0 Å². The van der Waals surface area contributed by atoms with E-state index in [0.29, 0.717) is 22.9 Å². The topological polar surface area (TPSA) is 65.8 Å². The Morgan fingerprint density at radius 3 is 3.00 bits per heavy atom. The van der Waals surface area contributed by atoms with E-state index in [9.17, 15) is 4.21 Å². The van der Waals surface area contributed by atoms with E-state index in [0.717, 1.165) is 0 Å². The van der Waals surface area contributed by atoms with Gasteiger partial charge in [-0.25, -0.2) is 4.98 Å². The maximum atomic E-state index is 11.1. The molecule has 4 nitrogen and oxygen atoms in total. The Kier molecular flexibility index (Phi) is 4.71. The van der Waals surface area contributed by atoms with Crippen molar-refractivity contribution >= 4 is 28.2 Å². The zero-order chi connectivity index (χ0) is 12.1. The van der Waals surface area contributed by atoms with Gasteiger partial charge in [-0.15, -0.1) is 0 Å². The zero-order valence-electron chi connectivity index (χ0n) is 9.03. The van der Waals surface area contributed by atoms with Crippen molar-refractivity contribution in [3.63, 3.8) is 0 Å². The standard InChI is InChI=1S/C10H12ClN3OS/c1-7(16(2)15)6-14-10-9(11)8(5-12)3-4-13-10/h3-4,7H,6H2,1-2H3,(H,13,14). The van der Waals surface area contributed by atoms with E-state index in [4.69, 9.17) is 16.9 Å². The fraction of sp³-hybridized carbons (Fsp3) is 0.400. The van der Waals surface area contributed by atoms with Crippen molar-refractivity contribution in [1.82, 2.24) is 4.98 Å². The molecule has 1 rings (SSSR count). The van der Waals surface area contributed by atoms with Crippen LogP contribution in [0.3, 0.4) is 0 Å². The van der Waals surface area contributed by atoms with Gasteiger partial charge in [0.15, 0.2) is 0 Å². The zero-order valence-corrected chi connectivity index (χ0v) is 10.6.